The van der Waals surface area contributed by atoms with Crippen LogP contribution in [0.5, 0.6) is 5.75 Å². The molecule has 1 atom stereocenters. The van der Waals surface area contributed by atoms with Crippen molar-refractivity contribution in [3.05, 3.63) is 59.3 Å². The molecule has 8 nitrogen and oxygen atoms in total. The summed E-state index contributed by atoms with van der Waals surface area (Å²) < 4.78 is 10.4. The molecule has 3 aromatic rings. The first-order chi connectivity index (χ1) is 15.5. The topological polar surface area (TPSA) is 96.7 Å². The second-order valence-electron chi connectivity index (χ2n) is 7.55. The van der Waals surface area contributed by atoms with Crippen LogP contribution in [0.3, 0.4) is 0 Å². The van der Waals surface area contributed by atoms with Crippen molar-refractivity contribution in [3.63, 3.8) is 0 Å². The number of nitrogens with zero attached hydrogens (tertiary/aromatic N) is 2. The monoisotopic (exact) mass is 454 g/mol. The van der Waals surface area contributed by atoms with E-state index in [0.717, 1.165) is 11.4 Å². The number of urea groups is 1. The first-order valence-electron chi connectivity index (χ1n) is 10.2. The Morgan fingerprint density at radius 3 is 2.72 bits per heavy atom. The molecule has 1 unspecified atom stereocenters. The van der Waals surface area contributed by atoms with Gasteiger partial charge in [-0.2, -0.15) is 0 Å². The van der Waals surface area contributed by atoms with Crippen LogP contribution in [0.25, 0.3) is 11.3 Å². The van der Waals surface area contributed by atoms with Gasteiger partial charge in [-0.1, -0.05) is 35.0 Å². The largest absolute Gasteiger partial charge is 0.497 e. The number of methoxy groups -OCH3 is 1. The molecular weight excluding hydrogens is 432 g/mol. The Morgan fingerprint density at radius 1 is 1.25 bits per heavy atom. The number of carbonyl (C=O) groups excluding carboxylic acids is 2. The number of aromatic nitrogens is 1. The lowest BCUT2D eigenvalue weighted by molar-refractivity contribution is -0.117. The summed E-state index contributed by atoms with van der Waals surface area (Å²) in [5.41, 5.74) is 2.40. The Bertz CT molecular complexity index is 1130. The summed E-state index contributed by atoms with van der Waals surface area (Å²) in [5, 5.41) is 10.2. The first kappa shape index (κ1) is 21.7. The second kappa shape index (κ2) is 9.32. The summed E-state index contributed by atoms with van der Waals surface area (Å²) in [4.78, 5) is 26.7. The predicted molar refractivity (Wildman–Crippen MR) is 122 cm³/mol. The maximum Gasteiger partial charge on any atom is 0.319 e. The van der Waals surface area contributed by atoms with Crippen molar-refractivity contribution in [2.24, 2.45) is 5.92 Å². The van der Waals surface area contributed by atoms with E-state index in [1.807, 2.05) is 36.4 Å². The number of rotatable bonds is 6. The molecule has 1 aliphatic heterocycles. The fourth-order valence-corrected chi connectivity index (χ4v) is 3.91. The fourth-order valence-electron chi connectivity index (χ4n) is 3.68. The van der Waals surface area contributed by atoms with Gasteiger partial charge in [-0.25, -0.2) is 4.79 Å². The number of benzene rings is 2. The lowest BCUT2D eigenvalue weighted by Gasteiger charge is -2.17. The van der Waals surface area contributed by atoms with Gasteiger partial charge in [0.2, 0.25) is 5.91 Å². The van der Waals surface area contributed by atoms with E-state index in [9.17, 15) is 9.59 Å². The Balaban J connectivity index is 1.37. The Hall–Kier alpha value is -3.52. The standard InChI is InChI=1S/C23H23ClN4O4/c1-14-21(22(27-32-14)18-5-3-4-6-19(18)24)26-23(30)25-12-15-11-20(29)28(13-15)16-7-9-17(31-2)10-8-16/h3-10,15H,11-13H2,1-2H3,(H2,25,26,30). The van der Waals surface area contributed by atoms with Crippen molar-refractivity contribution in [2.75, 3.05) is 30.4 Å². The van der Waals surface area contributed by atoms with E-state index >= 15 is 0 Å². The van der Waals surface area contributed by atoms with Crippen LogP contribution in [0.1, 0.15) is 12.2 Å². The lowest BCUT2D eigenvalue weighted by Crippen LogP contribution is -2.34. The van der Waals surface area contributed by atoms with Crippen LogP contribution in [0.2, 0.25) is 5.02 Å². The predicted octanol–water partition coefficient (Wildman–Crippen LogP) is 4.49. The zero-order valence-corrected chi connectivity index (χ0v) is 18.5. The average molecular weight is 455 g/mol. The molecule has 4 rings (SSSR count). The maximum atomic E-state index is 12.6. The second-order valence-corrected chi connectivity index (χ2v) is 7.96. The Labute approximate surface area is 190 Å². The quantitative estimate of drug-likeness (QED) is 0.572. The van der Waals surface area contributed by atoms with Crippen molar-refractivity contribution in [1.82, 2.24) is 10.5 Å². The molecule has 1 aliphatic rings. The molecule has 0 radical (unpaired) electrons. The van der Waals surface area contributed by atoms with E-state index in [1.54, 1.807) is 31.1 Å². The molecule has 0 aliphatic carbocycles. The van der Waals surface area contributed by atoms with Crippen molar-refractivity contribution >= 4 is 34.9 Å². The number of aryl methyl sites for hydroxylation is 1. The summed E-state index contributed by atoms with van der Waals surface area (Å²) in [7, 11) is 1.60. The smallest absolute Gasteiger partial charge is 0.319 e. The molecule has 1 saturated heterocycles. The van der Waals surface area contributed by atoms with E-state index in [2.05, 4.69) is 15.8 Å². The van der Waals surface area contributed by atoms with Gasteiger partial charge >= 0.3 is 6.03 Å². The van der Waals surface area contributed by atoms with E-state index < -0.39 is 6.03 Å². The molecule has 166 valence electrons. The Kier molecular flexibility index (Phi) is 6.32. The van der Waals surface area contributed by atoms with E-state index in [4.69, 9.17) is 20.9 Å². The van der Waals surface area contributed by atoms with Gasteiger partial charge in [-0.05, 0) is 37.3 Å². The lowest BCUT2D eigenvalue weighted by atomic mass is 10.1. The molecule has 0 spiro atoms. The molecular formula is C23H23ClN4O4. The van der Waals surface area contributed by atoms with Crippen LogP contribution in [-0.4, -0.2) is 37.3 Å². The van der Waals surface area contributed by atoms with Gasteiger partial charge in [0.05, 0.1) is 12.1 Å². The molecule has 1 aromatic heterocycles. The highest BCUT2D eigenvalue weighted by Gasteiger charge is 2.31. The Morgan fingerprint density at radius 2 is 2.00 bits per heavy atom. The zero-order chi connectivity index (χ0) is 22.7. The van der Waals surface area contributed by atoms with Crippen molar-refractivity contribution < 1.29 is 18.8 Å². The highest BCUT2D eigenvalue weighted by atomic mass is 35.5. The number of carbonyl (C=O) groups is 2. The summed E-state index contributed by atoms with van der Waals surface area (Å²) in [6, 6.07) is 14.1. The van der Waals surface area contributed by atoms with Gasteiger partial charge in [0.15, 0.2) is 5.76 Å². The van der Waals surface area contributed by atoms with Gasteiger partial charge < -0.3 is 24.8 Å². The van der Waals surface area contributed by atoms with Crippen LogP contribution in [0.4, 0.5) is 16.2 Å². The summed E-state index contributed by atoms with van der Waals surface area (Å²) in [6.07, 6.45) is 0.365. The highest BCUT2D eigenvalue weighted by Crippen LogP contribution is 2.34. The number of anilines is 2. The molecule has 2 aromatic carbocycles. The molecule has 1 fully saturated rings. The minimum Gasteiger partial charge on any atom is -0.497 e. The zero-order valence-electron chi connectivity index (χ0n) is 17.7. The number of hydrogen-bond donors (Lipinski definition) is 2. The first-order valence-corrected chi connectivity index (χ1v) is 10.5. The van der Waals surface area contributed by atoms with Crippen LogP contribution < -0.4 is 20.3 Å². The van der Waals surface area contributed by atoms with Crippen molar-refractivity contribution in [1.29, 1.82) is 0 Å². The fraction of sp³-hybridized carbons (Fsp3) is 0.261. The van der Waals surface area contributed by atoms with Gasteiger partial charge in [-0.3, -0.25) is 4.79 Å². The van der Waals surface area contributed by atoms with Crippen molar-refractivity contribution in [3.8, 4) is 17.0 Å². The minimum atomic E-state index is -0.403. The van der Waals surface area contributed by atoms with Crippen LogP contribution in [0, 0.1) is 12.8 Å². The third kappa shape index (κ3) is 4.55. The third-order valence-corrected chi connectivity index (χ3v) is 5.70. The van der Waals surface area contributed by atoms with E-state index in [0.29, 0.717) is 47.2 Å². The number of ether oxygens (including phenoxy) is 1. The molecule has 0 saturated carbocycles. The van der Waals surface area contributed by atoms with Crippen LogP contribution >= 0.6 is 11.6 Å². The highest BCUT2D eigenvalue weighted by molar-refractivity contribution is 6.33. The van der Waals surface area contributed by atoms with E-state index in [-0.39, 0.29) is 11.8 Å². The normalized spacial score (nSPS) is 15.7. The molecule has 9 heteroatoms. The molecule has 2 N–H and O–H groups in total. The summed E-state index contributed by atoms with van der Waals surface area (Å²) >= 11 is 6.27. The molecule has 32 heavy (non-hydrogen) atoms. The van der Waals surface area contributed by atoms with Crippen molar-refractivity contribution in [2.45, 2.75) is 13.3 Å². The van der Waals surface area contributed by atoms with Crippen LogP contribution in [0.15, 0.2) is 53.1 Å². The maximum absolute atomic E-state index is 12.6. The van der Waals surface area contributed by atoms with Crippen LogP contribution in [-0.2, 0) is 4.79 Å². The average Bonchev–Trinajstić information content (AvgIpc) is 3.35. The van der Waals surface area contributed by atoms with Gasteiger partial charge in [0.25, 0.3) is 0 Å². The van der Waals surface area contributed by atoms with Gasteiger partial charge in [-0.15, -0.1) is 0 Å². The summed E-state index contributed by atoms with van der Waals surface area (Å²) in [5.74, 6) is 1.23. The SMILES string of the molecule is COc1ccc(N2CC(CNC(=O)Nc3c(-c4ccccc4Cl)noc3C)CC2=O)cc1. The molecule has 2 heterocycles. The molecule has 3 amide bonds. The minimum absolute atomic E-state index is 0.00182. The number of amides is 3. The molecule has 0 bridgehead atoms. The number of nitrogens with one attached hydrogen (secondary N) is 2. The van der Waals surface area contributed by atoms with Gasteiger partial charge in [0, 0.05) is 36.7 Å². The number of halogens is 1. The number of hydrogen-bond acceptors (Lipinski definition) is 5. The third-order valence-electron chi connectivity index (χ3n) is 5.37. The van der Waals surface area contributed by atoms with Gasteiger partial charge in [0.1, 0.15) is 17.1 Å². The summed E-state index contributed by atoms with van der Waals surface area (Å²) in [6.45, 7) is 2.60. The van der Waals surface area contributed by atoms with E-state index in [1.165, 1.54) is 0 Å².